The highest BCUT2D eigenvalue weighted by Gasteiger charge is 2.37. The highest BCUT2D eigenvalue weighted by molar-refractivity contribution is 6.39. The fraction of sp³-hybridized carbons (Fsp3) is 0.172. The van der Waals surface area contributed by atoms with Gasteiger partial charge in [-0.1, -0.05) is 35.3 Å². The average molecular weight is 583 g/mol. The molecule has 0 bridgehead atoms. The van der Waals surface area contributed by atoms with E-state index in [9.17, 15) is 19.2 Å². The lowest BCUT2D eigenvalue weighted by Gasteiger charge is -2.26. The molecule has 40 heavy (non-hydrogen) atoms. The SMILES string of the molecule is CCOC(=O)c1ccc(N2C(=O)NC(=O)/C(=C\c3ccc(OCc4ccc(Cl)cc4Cl)c(OCC)c3)C2=O)cc1. The van der Waals surface area contributed by atoms with E-state index >= 15 is 0 Å². The second-order valence-corrected chi connectivity index (χ2v) is 9.23. The number of esters is 1. The number of amides is 4. The minimum absolute atomic E-state index is 0.156. The molecular weight excluding hydrogens is 559 g/mol. The monoisotopic (exact) mass is 582 g/mol. The number of nitrogens with zero attached hydrogens (tertiary/aromatic N) is 1. The Morgan fingerprint density at radius 1 is 0.900 bits per heavy atom. The molecule has 4 amide bonds. The Balaban J connectivity index is 1.58. The Morgan fingerprint density at radius 3 is 2.33 bits per heavy atom. The standard InChI is InChI=1S/C29H24Cl2N2O7/c1-3-38-25-14-17(5-12-24(25)40-16-19-6-9-20(30)15-23(19)31)13-22-26(34)32-29(37)33(27(22)35)21-10-7-18(8-11-21)28(36)39-4-2/h5-15H,3-4,16H2,1-2H3,(H,32,34,37)/b22-13+. The molecule has 0 unspecified atom stereocenters. The lowest BCUT2D eigenvalue weighted by Crippen LogP contribution is -2.54. The zero-order chi connectivity index (χ0) is 28.8. The highest BCUT2D eigenvalue weighted by Crippen LogP contribution is 2.32. The minimum Gasteiger partial charge on any atom is -0.490 e. The van der Waals surface area contributed by atoms with Crippen molar-refractivity contribution < 1.29 is 33.4 Å². The summed E-state index contributed by atoms with van der Waals surface area (Å²) in [5, 5.41) is 3.15. The Morgan fingerprint density at radius 2 is 1.65 bits per heavy atom. The largest absolute Gasteiger partial charge is 0.490 e. The average Bonchev–Trinajstić information content (AvgIpc) is 2.92. The molecule has 3 aromatic rings. The third-order valence-electron chi connectivity index (χ3n) is 5.72. The smallest absolute Gasteiger partial charge is 0.338 e. The fourth-order valence-electron chi connectivity index (χ4n) is 3.82. The molecule has 0 saturated carbocycles. The van der Waals surface area contributed by atoms with Gasteiger partial charge in [0.2, 0.25) is 0 Å². The molecule has 4 rings (SSSR count). The van der Waals surface area contributed by atoms with Crippen molar-refractivity contribution in [1.29, 1.82) is 0 Å². The van der Waals surface area contributed by atoms with E-state index in [1.54, 1.807) is 50.2 Å². The number of imide groups is 2. The van der Waals surface area contributed by atoms with Gasteiger partial charge in [-0.2, -0.15) is 0 Å². The summed E-state index contributed by atoms with van der Waals surface area (Å²) in [6.07, 6.45) is 1.35. The molecule has 1 saturated heterocycles. The molecule has 1 fully saturated rings. The molecule has 11 heteroatoms. The summed E-state index contributed by atoms with van der Waals surface area (Å²) in [5.41, 5.74) is 1.35. The molecule has 3 aromatic carbocycles. The Kier molecular flexibility index (Phi) is 9.08. The van der Waals surface area contributed by atoms with Gasteiger partial charge in [-0.3, -0.25) is 14.9 Å². The van der Waals surface area contributed by atoms with E-state index in [1.165, 1.54) is 30.3 Å². The number of hydrogen-bond donors (Lipinski definition) is 1. The van der Waals surface area contributed by atoms with Gasteiger partial charge in [0, 0.05) is 15.6 Å². The number of barbiturate groups is 1. The molecule has 206 valence electrons. The molecule has 1 aliphatic heterocycles. The van der Waals surface area contributed by atoms with Crippen molar-refractivity contribution in [1.82, 2.24) is 5.32 Å². The number of urea groups is 1. The molecule has 9 nitrogen and oxygen atoms in total. The summed E-state index contributed by atoms with van der Waals surface area (Å²) in [5.74, 6) is -1.40. The first-order valence-corrected chi connectivity index (χ1v) is 13.0. The normalized spacial score (nSPS) is 14.2. The predicted molar refractivity (Wildman–Crippen MR) is 150 cm³/mol. The zero-order valence-electron chi connectivity index (χ0n) is 21.5. The van der Waals surface area contributed by atoms with E-state index in [2.05, 4.69) is 5.32 Å². The summed E-state index contributed by atoms with van der Waals surface area (Å²) < 4.78 is 16.6. The van der Waals surface area contributed by atoms with Crippen molar-refractivity contribution in [3.8, 4) is 11.5 Å². The van der Waals surface area contributed by atoms with Crippen LogP contribution in [0.15, 0.2) is 66.2 Å². The second kappa shape index (κ2) is 12.7. The van der Waals surface area contributed by atoms with E-state index in [0.29, 0.717) is 33.7 Å². The third-order valence-corrected chi connectivity index (χ3v) is 6.30. The van der Waals surface area contributed by atoms with Crippen LogP contribution in [0.4, 0.5) is 10.5 Å². The maximum atomic E-state index is 13.3. The molecule has 1 heterocycles. The summed E-state index contributed by atoms with van der Waals surface area (Å²) in [6, 6.07) is 14.8. The maximum absolute atomic E-state index is 13.3. The van der Waals surface area contributed by atoms with Crippen LogP contribution < -0.4 is 19.7 Å². The maximum Gasteiger partial charge on any atom is 0.338 e. The summed E-state index contributed by atoms with van der Waals surface area (Å²) in [6.45, 7) is 4.19. The Labute approximate surface area is 240 Å². The second-order valence-electron chi connectivity index (χ2n) is 8.39. The van der Waals surface area contributed by atoms with Crippen LogP contribution >= 0.6 is 23.2 Å². The molecule has 1 aliphatic rings. The van der Waals surface area contributed by atoms with Crippen molar-refractivity contribution in [3.05, 3.63) is 93.0 Å². The van der Waals surface area contributed by atoms with Crippen LogP contribution in [0.3, 0.4) is 0 Å². The van der Waals surface area contributed by atoms with Gasteiger partial charge in [0.15, 0.2) is 11.5 Å². The number of halogens is 2. The molecule has 0 aromatic heterocycles. The molecule has 0 aliphatic carbocycles. The molecule has 0 radical (unpaired) electrons. The third kappa shape index (κ3) is 6.44. The Bertz CT molecular complexity index is 1500. The topological polar surface area (TPSA) is 111 Å². The van der Waals surface area contributed by atoms with Gasteiger partial charge in [-0.05, 0) is 74.0 Å². The molecule has 0 atom stereocenters. The van der Waals surface area contributed by atoms with Gasteiger partial charge in [0.05, 0.1) is 24.5 Å². The van der Waals surface area contributed by atoms with E-state index in [-0.39, 0.29) is 30.0 Å². The van der Waals surface area contributed by atoms with Gasteiger partial charge in [-0.25, -0.2) is 14.5 Å². The van der Waals surface area contributed by atoms with E-state index in [4.69, 9.17) is 37.4 Å². The van der Waals surface area contributed by atoms with Gasteiger partial charge < -0.3 is 14.2 Å². The number of anilines is 1. The van der Waals surface area contributed by atoms with Gasteiger partial charge in [-0.15, -0.1) is 0 Å². The van der Waals surface area contributed by atoms with Crippen molar-refractivity contribution in [3.63, 3.8) is 0 Å². The van der Waals surface area contributed by atoms with Gasteiger partial charge in [0.1, 0.15) is 12.2 Å². The van der Waals surface area contributed by atoms with Gasteiger partial charge >= 0.3 is 12.0 Å². The van der Waals surface area contributed by atoms with E-state index in [0.717, 1.165) is 10.5 Å². The number of benzene rings is 3. The van der Waals surface area contributed by atoms with Crippen molar-refractivity contribution in [2.45, 2.75) is 20.5 Å². The quantitative estimate of drug-likeness (QED) is 0.192. The van der Waals surface area contributed by atoms with Crippen LogP contribution in [0.1, 0.15) is 35.3 Å². The summed E-state index contributed by atoms with van der Waals surface area (Å²) in [7, 11) is 0. The number of carbonyl (C=O) groups excluding carboxylic acids is 4. The molecule has 1 N–H and O–H groups in total. The van der Waals surface area contributed by atoms with Gasteiger partial charge in [0.25, 0.3) is 11.8 Å². The van der Waals surface area contributed by atoms with E-state index < -0.39 is 23.8 Å². The lowest BCUT2D eigenvalue weighted by atomic mass is 10.1. The van der Waals surface area contributed by atoms with Crippen molar-refractivity contribution >= 4 is 58.8 Å². The first-order valence-electron chi connectivity index (χ1n) is 12.2. The molecular formula is C29H24Cl2N2O7. The van der Waals surface area contributed by atoms with Crippen molar-refractivity contribution in [2.75, 3.05) is 18.1 Å². The number of ether oxygens (including phenoxy) is 3. The van der Waals surface area contributed by atoms with Crippen LogP contribution in [0, 0.1) is 0 Å². The summed E-state index contributed by atoms with van der Waals surface area (Å²) >= 11 is 12.2. The van der Waals surface area contributed by atoms with Crippen LogP contribution in [-0.4, -0.2) is 37.0 Å². The number of nitrogens with one attached hydrogen (secondary N) is 1. The first-order chi connectivity index (χ1) is 19.2. The fourth-order valence-corrected chi connectivity index (χ4v) is 4.28. The predicted octanol–water partition coefficient (Wildman–Crippen LogP) is 5.81. The molecule has 0 spiro atoms. The Hall–Kier alpha value is -4.34. The van der Waals surface area contributed by atoms with Crippen LogP contribution in [0.25, 0.3) is 6.08 Å². The number of carbonyl (C=O) groups is 4. The lowest BCUT2D eigenvalue weighted by molar-refractivity contribution is -0.122. The number of rotatable bonds is 9. The van der Waals surface area contributed by atoms with E-state index in [1.807, 2.05) is 0 Å². The van der Waals surface area contributed by atoms with Crippen LogP contribution in [0.2, 0.25) is 10.0 Å². The number of hydrogen-bond acceptors (Lipinski definition) is 7. The van der Waals surface area contributed by atoms with Crippen LogP contribution in [-0.2, 0) is 20.9 Å². The highest BCUT2D eigenvalue weighted by atomic mass is 35.5. The first kappa shape index (κ1) is 28.7. The van der Waals surface area contributed by atoms with Crippen molar-refractivity contribution in [2.24, 2.45) is 0 Å². The minimum atomic E-state index is -0.907. The summed E-state index contributed by atoms with van der Waals surface area (Å²) in [4.78, 5) is 51.2. The zero-order valence-corrected chi connectivity index (χ0v) is 23.0. The van der Waals surface area contributed by atoms with Crippen LogP contribution in [0.5, 0.6) is 11.5 Å².